The van der Waals surface area contributed by atoms with E-state index >= 15 is 0 Å². The van der Waals surface area contributed by atoms with Gasteiger partial charge < -0.3 is 5.11 Å². The van der Waals surface area contributed by atoms with Crippen LogP contribution in [0.3, 0.4) is 0 Å². The largest absolute Gasteiger partial charge is 0.481 e. The monoisotopic (exact) mass is 126 g/mol. The summed E-state index contributed by atoms with van der Waals surface area (Å²) in [5.74, 6) is -0.300. The third-order valence-corrected chi connectivity index (χ3v) is 1.57. The summed E-state index contributed by atoms with van der Waals surface area (Å²) in [6.07, 6.45) is 6.33. The molecule has 0 spiro atoms. The molecule has 0 bridgehead atoms. The Bertz CT molecular complexity index is 130. The molecule has 2 nitrogen and oxygen atoms in total. The summed E-state index contributed by atoms with van der Waals surface area (Å²) in [6, 6.07) is 0. The molecule has 0 heterocycles. The first-order valence-electron chi connectivity index (χ1n) is 3.16. The fraction of sp³-hybridized carbons (Fsp3) is 0.571. The van der Waals surface area contributed by atoms with E-state index in [0.717, 1.165) is 12.8 Å². The standard InChI is InChI=1S/C7H10O2/c8-7(9)5-6-3-1-2-4-6/h1-2,6H,3-5H2,(H,8,9). The zero-order valence-corrected chi connectivity index (χ0v) is 5.21. The van der Waals surface area contributed by atoms with Gasteiger partial charge in [0.15, 0.2) is 0 Å². The predicted octanol–water partition coefficient (Wildman–Crippen LogP) is 1.43. The molecule has 0 saturated heterocycles. The van der Waals surface area contributed by atoms with Crippen molar-refractivity contribution in [1.29, 1.82) is 0 Å². The van der Waals surface area contributed by atoms with E-state index in [-0.39, 0.29) is 0 Å². The van der Waals surface area contributed by atoms with E-state index in [2.05, 4.69) is 0 Å². The maximum absolute atomic E-state index is 10.1. The lowest BCUT2D eigenvalue weighted by atomic mass is 10.0. The smallest absolute Gasteiger partial charge is 0.303 e. The van der Waals surface area contributed by atoms with Crippen molar-refractivity contribution in [3.63, 3.8) is 0 Å². The van der Waals surface area contributed by atoms with Crippen LogP contribution in [0.15, 0.2) is 12.2 Å². The molecule has 1 aliphatic carbocycles. The molecule has 0 aliphatic heterocycles. The van der Waals surface area contributed by atoms with Crippen LogP contribution in [0, 0.1) is 5.92 Å². The van der Waals surface area contributed by atoms with Gasteiger partial charge in [-0.05, 0) is 18.8 Å². The minimum absolute atomic E-state index is 0.326. The Labute approximate surface area is 54.2 Å². The maximum Gasteiger partial charge on any atom is 0.303 e. The van der Waals surface area contributed by atoms with Crippen molar-refractivity contribution >= 4 is 5.97 Å². The van der Waals surface area contributed by atoms with E-state index in [9.17, 15) is 4.79 Å². The summed E-state index contributed by atoms with van der Waals surface area (Å²) < 4.78 is 0. The molecule has 1 rings (SSSR count). The topological polar surface area (TPSA) is 37.3 Å². The zero-order chi connectivity index (χ0) is 6.69. The lowest BCUT2D eigenvalue weighted by Crippen LogP contribution is -2.03. The number of carboxylic acid groups (broad SMARTS) is 1. The van der Waals surface area contributed by atoms with Crippen molar-refractivity contribution in [2.45, 2.75) is 19.3 Å². The van der Waals surface area contributed by atoms with E-state index in [1.54, 1.807) is 0 Å². The van der Waals surface area contributed by atoms with Gasteiger partial charge in [0.25, 0.3) is 0 Å². The van der Waals surface area contributed by atoms with Gasteiger partial charge in [0.05, 0.1) is 0 Å². The second-order valence-corrected chi connectivity index (χ2v) is 2.41. The van der Waals surface area contributed by atoms with Crippen molar-refractivity contribution in [3.05, 3.63) is 12.2 Å². The fourth-order valence-electron chi connectivity index (χ4n) is 1.09. The van der Waals surface area contributed by atoms with Crippen molar-refractivity contribution in [3.8, 4) is 0 Å². The molecule has 0 amide bonds. The maximum atomic E-state index is 10.1. The normalized spacial score (nSPS) is 18.7. The Kier molecular flexibility index (Phi) is 1.88. The Balaban J connectivity index is 2.22. The Morgan fingerprint density at radius 3 is 2.56 bits per heavy atom. The average molecular weight is 126 g/mol. The Morgan fingerprint density at radius 1 is 1.56 bits per heavy atom. The molecular formula is C7H10O2. The fourth-order valence-corrected chi connectivity index (χ4v) is 1.09. The van der Waals surface area contributed by atoms with Gasteiger partial charge in [-0.1, -0.05) is 12.2 Å². The van der Waals surface area contributed by atoms with Gasteiger partial charge in [0, 0.05) is 6.42 Å². The third-order valence-electron chi connectivity index (χ3n) is 1.57. The van der Waals surface area contributed by atoms with Gasteiger partial charge in [-0.15, -0.1) is 0 Å². The zero-order valence-electron chi connectivity index (χ0n) is 5.21. The summed E-state index contributed by atoms with van der Waals surface area (Å²) in [5, 5.41) is 8.35. The Morgan fingerprint density at radius 2 is 2.11 bits per heavy atom. The lowest BCUT2D eigenvalue weighted by molar-refractivity contribution is -0.138. The van der Waals surface area contributed by atoms with Crippen molar-refractivity contribution in [2.75, 3.05) is 0 Å². The minimum atomic E-state index is -0.677. The molecule has 50 valence electrons. The summed E-state index contributed by atoms with van der Waals surface area (Å²) >= 11 is 0. The van der Waals surface area contributed by atoms with E-state index in [4.69, 9.17) is 5.11 Å². The van der Waals surface area contributed by atoms with Crippen LogP contribution in [0.5, 0.6) is 0 Å². The number of carboxylic acids is 1. The van der Waals surface area contributed by atoms with Gasteiger partial charge in [-0.2, -0.15) is 0 Å². The van der Waals surface area contributed by atoms with Crippen LogP contribution < -0.4 is 0 Å². The lowest BCUT2D eigenvalue weighted by Gasteiger charge is -2.01. The van der Waals surface area contributed by atoms with Crippen molar-refractivity contribution in [2.24, 2.45) is 5.92 Å². The van der Waals surface area contributed by atoms with Crippen molar-refractivity contribution < 1.29 is 9.90 Å². The quantitative estimate of drug-likeness (QED) is 0.568. The number of aliphatic carboxylic acids is 1. The molecule has 0 radical (unpaired) electrons. The summed E-state index contributed by atoms with van der Waals surface area (Å²) in [6.45, 7) is 0. The third kappa shape index (κ3) is 1.88. The summed E-state index contributed by atoms with van der Waals surface area (Å²) in [5.41, 5.74) is 0. The van der Waals surface area contributed by atoms with Gasteiger partial charge in [0.1, 0.15) is 0 Å². The molecule has 9 heavy (non-hydrogen) atoms. The number of allylic oxidation sites excluding steroid dienone is 2. The van der Waals surface area contributed by atoms with Crippen LogP contribution >= 0.6 is 0 Å². The molecule has 0 aromatic carbocycles. The highest BCUT2D eigenvalue weighted by Crippen LogP contribution is 2.20. The second-order valence-electron chi connectivity index (χ2n) is 2.41. The van der Waals surface area contributed by atoms with Gasteiger partial charge in [-0.3, -0.25) is 4.79 Å². The van der Waals surface area contributed by atoms with Gasteiger partial charge >= 0.3 is 5.97 Å². The number of carbonyl (C=O) groups is 1. The number of hydrogen-bond acceptors (Lipinski definition) is 1. The highest BCUT2D eigenvalue weighted by Gasteiger charge is 2.12. The highest BCUT2D eigenvalue weighted by atomic mass is 16.4. The molecule has 1 aliphatic rings. The van der Waals surface area contributed by atoms with E-state index in [1.165, 1.54) is 0 Å². The van der Waals surface area contributed by atoms with Crippen LogP contribution in [0.1, 0.15) is 19.3 Å². The SMILES string of the molecule is O=C(O)CC1CC=CC1. The van der Waals surface area contributed by atoms with Crippen LogP contribution in [0.4, 0.5) is 0 Å². The molecule has 0 atom stereocenters. The minimum Gasteiger partial charge on any atom is -0.481 e. The average Bonchev–Trinajstić information content (AvgIpc) is 2.15. The van der Waals surface area contributed by atoms with Crippen LogP contribution in [0.2, 0.25) is 0 Å². The number of rotatable bonds is 2. The predicted molar refractivity (Wildman–Crippen MR) is 34.1 cm³/mol. The molecule has 1 N–H and O–H groups in total. The first-order valence-corrected chi connectivity index (χ1v) is 3.16. The summed E-state index contributed by atoms with van der Waals surface area (Å²) in [4.78, 5) is 10.1. The van der Waals surface area contributed by atoms with Crippen molar-refractivity contribution in [1.82, 2.24) is 0 Å². The van der Waals surface area contributed by atoms with Gasteiger partial charge in [-0.25, -0.2) is 0 Å². The van der Waals surface area contributed by atoms with Crippen LogP contribution in [0.25, 0.3) is 0 Å². The molecule has 0 fully saturated rings. The van der Waals surface area contributed by atoms with E-state index in [1.807, 2.05) is 12.2 Å². The molecule has 0 aromatic rings. The Hall–Kier alpha value is -0.790. The van der Waals surface area contributed by atoms with E-state index < -0.39 is 5.97 Å². The van der Waals surface area contributed by atoms with Crippen LogP contribution in [-0.4, -0.2) is 11.1 Å². The highest BCUT2D eigenvalue weighted by molar-refractivity contribution is 5.67. The summed E-state index contributed by atoms with van der Waals surface area (Å²) in [7, 11) is 0. The number of hydrogen-bond donors (Lipinski definition) is 1. The molecule has 2 heteroatoms. The first-order chi connectivity index (χ1) is 4.29. The molecule has 0 aromatic heterocycles. The molecule has 0 saturated carbocycles. The van der Waals surface area contributed by atoms with Crippen LogP contribution in [-0.2, 0) is 4.79 Å². The second kappa shape index (κ2) is 2.67. The first kappa shape index (κ1) is 6.33. The van der Waals surface area contributed by atoms with E-state index in [0.29, 0.717) is 12.3 Å². The van der Waals surface area contributed by atoms with Gasteiger partial charge in [0.2, 0.25) is 0 Å². The molecule has 0 unspecified atom stereocenters. The molecular weight excluding hydrogens is 116 g/mol.